The van der Waals surface area contributed by atoms with Gasteiger partial charge in [-0.2, -0.15) is 5.10 Å². The van der Waals surface area contributed by atoms with Gasteiger partial charge >= 0.3 is 0 Å². The Hall–Kier alpha value is -3.30. The number of carbonyl (C=O) groups excluding carboxylic acids is 1. The molecular formula is C24H27N7OS. The van der Waals surface area contributed by atoms with Crippen LogP contribution in [0.2, 0.25) is 0 Å². The summed E-state index contributed by atoms with van der Waals surface area (Å²) >= 11 is 1.64. The third-order valence-electron chi connectivity index (χ3n) is 6.10. The van der Waals surface area contributed by atoms with E-state index in [1.807, 2.05) is 65.8 Å². The summed E-state index contributed by atoms with van der Waals surface area (Å²) in [5.74, 6) is 0.714. The van der Waals surface area contributed by atoms with Gasteiger partial charge in [-0.3, -0.25) is 4.79 Å². The molecule has 0 aromatic carbocycles. The summed E-state index contributed by atoms with van der Waals surface area (Å²) in [4.78, 5) is 28.1. The van der Waals surface area contributed by atoms with E-state index in [0.29, 0.717) is 29.3 Å². The molecule has 0 saturated carbocycles. The highest BCUT2D eigenvalue weighted by Crippen LogP contribution is 2.29. The van der Waals surface area contributed by atoms with Crippen molar-refractivity contribution >= 4 is 28.7 Å². The van der Waals surface area contributed by atoms with Gasteiger partial charge in [0, 0.05) is 45.0 Å². The summed E-state index contributed by atoms with van der Waals surface area (Å²) in [7, 11) is 3.85. The van der Waals surface area contributed by atoms with Gasteiger partial charge in [-0.05, 0) is 48.9 Å². The summed E-state index contributed by atoms with van der Waals surface area (Å²) in [5.41, 5.74) is 9.65. The maximum absolute atomic E-state index is 13.5. The van der Waals surface area contributed by atoms with Gasteiger partial charge in [0.05, 0.1) is 28.0 Å². The van der Waals surface area contributed by atoms with Crippen LogP contribution < -0.4 is 10.6 Å². The highest BCUT2D eigenvalue weighted by molar-refractivity contribution is 7.13. The van der Waals surface area contributed by atoms with Crippen LogP contribution >= 0.6 is 11.3 Å². The van der Waals surface area contributed by atoms with E-state index in [0.717, 1.165) is 41.9 Å². The predicted octanol–water partition coefficient (Wildman–Crippen LogP) is 3.54. The van der Waals surface area contributed by atoms with Gasteiger partial charge in [0.1, 0.15) is 5.82 Å². The quantitative estimate of drug-likeness (QED) is 0.489. The van der Waals surface area contributed by atoms with Crippen molar-refractivity contribution in [1.82, 2.24) is 24.5 Å². The number of hydrogen-bond acceptors (Lipinski definition) is 7. The molecule has 0 unspecified atom stereocenters. The van der Waals surface area contributed by atoms with Crippen LogP contribution in [0.1, 0.15) is 29.6 Å². The van der Waals surface area contributed by atoms with E-state index in [2.05, 4.69) is 5.10 Å². The fraction of sp³-hybridized carbons (Fsp3) is 0.333. The second kappa shape index (κ2) is 8.92. The third-order valence-corrected chi connectivity index (χ3v) is 6.99. The predicted molar refractivity (Wildman–Crippen MR) is 132 cm³/mol. The molecule has 1 aliphatic heterocycles. The molecule has 1 amide bonds. The van der Waals surface area contributed by atoms with E-state index in [9.17, 15) is 4.79 Å². The molecule has 0 aliphatic carbocycles. The smallest absolute Gasteiger partial charge is 0.254 e. The van der Waals surface area contributed by atoms with Gasteiger partial charge in [0.15, 0.2) is 5.65 Å². The number of pyridine rings is 1. The van der Waals surface area contributed by atoms with Crippen molar-refractivity contribution in [1.29, 1.82) is 0 Å². The number of aromatic nitrogens is 4. The average molecular weight is 462 g/mol. The number of fused-ring (bicyclic) bond motifs is 1. The number of anilines is 1. The SMILES string of the molecule is CN(C)c1cc(C(=O)N2CCCC[C@H]2CN)cc(-c2cnn3ccc(-c4cccs4)nc23)n1. The van der Waals surface area contributed by atoms with Crippen LogP contribution in [0, 0.1) is 0 Å². The Morgan fingerprint density at radius 1 is 1.21 bits per heavy atom. The summed E-state index contributed by atoms with van der Waals surface area (Å²) in [5, 5.41) is 6.51. The maximum Gasteiger partial charge on any atom is 0.254 e. The summed E-state index contributed by atoms with van der Waals surface area (Å²) in [6, 6.07) is 9.81. The minimum absolute atomic E-state index is 0.000563. The molecule has 1 fully saturated rings. The Morgan fingerprint density at radius 3 is 2.85 bits per heavy atom. The van der Waals surface area contributed by atoms with Crippen LogP contribution in [-0.4, -0.2) is 63.6 Å². The number of piperidine rings is 1. The molecule has 0 radical (unpaired) electrons. The lowest BCUT2D eigenvalue weighted by molar-refractivity contribution is 0.0623. The fourth-order valence-corrected chi connectivity index (χ4v) is 4.99. The number of likely N-dealkylation sites (tertiary alicyclic amines) is 1. The number of carbonyl (C=O) groups is 1. The molecule has 1 aliphatic rings. The lowest BCUT2D eigenvalue weighted by atomic mass is 10.0. The largest absolute Gasteiger partial charge is 0.363 e. The molecule has 8 nitrogen and oxygen atoms in total. The van der Waals surface area contributed by atoms with Crippen molar-refractivity contribution in [3.8, 4) is 21.8 Å². The number of nitrogens with two attached hydrogens (primary N) is 1. The van der Waals surface area contributed by atoms with E-state index in [1.54, 1.807) is 22.0 Å². The zero-order chi connectivity index (χ0) is 22.9. The first-order valence-corrected chi connectivity index (χ1v) is 12.0. The third kappa shape index (κ3) is 4.09. The molecular weight excluding hydrogens is 434 g/mol. The highest BCUT2D eigenvalue weighted by atomic mass is 32.1. The van der Waals surface area contributed by atoms with Crippen LogP contribution in [0.3, 0.4) is 0 Å². The molecule has 5 rings (SSSR count). The van der Waals surface area contributed by atoms with Crippen molar-refractivity contribution in [2.75, 3.05) is 32.1 Å². The van der Waals surface area contributed by atoms with E-state index in [-0.39, 0.29) is 11.9 Å². The van der Waals surface area contributed by atoms with E-state index < -0.39 is 0 Å². The zero-order valence-corrected chi connectivity index (χ0v) is 19.6. The Kier molecular flexibility index (Phi) is 5.82. The normalized spacial score (nSPS) is 16.3. The van der Waals surface area contributed by atoms with Crippen LogP contribution in [0.15, 0.2) is 48.1 Å². The number of nitrogens with zero attached hydrogens (tertiary/aromatic N) is 6. The molecule has 33 heavy (non-hydrogen) atoms. The molecule has 1 saturated heterocycles. The van der Waals surface area contributed by atoms with E-state index >= 15 is 0 Å². The molecule has 4 aromatic rings. The van der Waals surface area contributed by atoms with E-state index in [1.165, 1.54) is 0 Å². The van der Waals surface area contributed by atoms with Gasteiger partial charge in [-0.25, -0.2) is 14.5 Å². The fourth-order valence-electron chi connectivity index (χ4n) is 4.30. The molecule has 4 aromatic heterocycles. The van der Waals surface area contributed by atoms with Gasteiger partial charge in [-0.1, -0.05) is 6.07 Å². The Labute approximate surface area is 196 Å². The highest BCUT2D eigenvalue weighted by Gasteiger charge is 2.27. The molecule has 1 atom stereocenters. The summed E-state index contributed by atoms with van der Waals surface area (Å²) < 4.78 is 1.74. The first kappa shape index (κ1) is 21.5. The van der Waals surface area contributed by atoms with Crippen molar-refractivity contribution in [3.05, 3.63) is 53.7 Å². The van der Waals surface area contributed by atoms with Gasteiger partial charge < -0.3 is 15.5 Å². The molecule has 0 spiro atoms. The van der Waals surface area contributed by atoms with Crippen LogP contribution in [0.4, 0.5) is 5.82 Å². The first-order chi connectivity index (χ1) is 16.0. The number of hydrogen-bond donors (Lipinski definition) is 1. The van der Waals surface area contributed by atoms with Crippen molar-refractivity contribution < 1.29 is 4.79 Å². The Bertz CT molecular complexity index is 1280. The summed E-state index contributed by atoms with van der Waals surface area (Å²) in [6.07, 6.45) is 6.73. The summed E-state index contributed by atoms with van der Waals surface area (Å²) in [6.45, 7) is 1.21. The Balaban J connectivity index is 1.60. The van der Waals surface area contributed by atoms with Crippen molar-refractivity contribution in [3.63, 3.8) is 0 Å². The van der Waals surface area contributed by atoms with Crippen molar-refractivity contribution in [2.45, 2.75) is 25.3 Å². The average Bonchev–Trinajstić information content (AvgIpc) is 3.53. The van der Waals surface area contributed by atoms with Gasteiger partial charge in [0.25, 0.3) is 5.91 Å². The van der Waals surface area contributed by atoms with E-state index in [4.69, 9.17) is 15.7 Å². The number of amides is 1. The maximum atomic E-state index is 13.5. The second-order valence-electron chi connectivity index (χ2n) is 8.49. The van der Waals surface area contributed by atoms with Gasteiger partial charge in [0.2, 0.25) is 0 Å². The van der Waals surface area contributed by atoms with Crippen LogP contribution in [0.5, 0.6) is 0 Å². The van der Waals surface area contributed by atoms with Crippen LogP contribution in [-0.2, 0) is 0 Å². The second-order valence-corrected chi connectivity index (χ2v) is 9.44. The molecule has 9 heteroatoms. The Morgan fingerprint density at radius 2 is 2.09 bits per heavy atom. The van der Waals surface area contributed by atoms with Gasteiger partial charge in [-0.15, -0.1) is 11.3 Å². The lowest BCUT2D eigenvalue weighted by Crippen LogP contribution is -2.47. The topological polar surface area (TPSA) is 92.7 Å². The van der Waals surface area contributed by atoms with Crippen molar-refractivity contribution in [2.24, 2.45) is 5.73 Å². The van der Waals surface area contributed by atoms with Crippen LogP contribution in [0.25, 0.3) is 27.5 Å². The minimum Gasteiger partial charge on any atom is -0.363 e. The molecule has 5 heterocycles. The molecule has 2 N–H and O–H groups in total. The molecule has 170 valence electrons. The first-order valence-electron chi connectivity index (χ1n) is 11.1. The monoisotopic (exact) mass is 461 g/mol. The standard InChI is InChI=1S/C24H27N7OS/c1-29(2)22-13-16(24(32)30-9-4-3-6-17(30)14-25)12-20(27-22)18-15-26-31-10-8-19(28-23(18)31)21-7-5-11-33-21/h5,7-8,10-13,15,17H,3-4,6,9,14,25H2,1-2H3/t17-/m0/s1. The zero-order valence-electron chi connectivity index (χ0n) is 18.8. The number of thiophene rings is 1. The lowest BCUT2D eigenvalue weighted by Gasteiger charge is -2.35. The number of rotatable bonds is 5. The minimum atomic E-state index is 0.000563. The molecule has 0 bridgehead atoms.